The topological polar surface area (TPSA) is 118 Å². The van der Waals surface area contributed by atoms with E-state index in [1.807, 2.05) is 59.5 Å². The number of anilines is 5. The molecule has 0 atom stereocenters. The van der Waals surface area contributed by atoms with Crippen molar-refractivity contribution in [1.29, 1.82) is 0 Å². The molecule has 0 spiro atoms. The third-order valence-electron chi connectivity index (χ3n) is 11.2. The molecule has 9 heteroatoms. The Bertz CT molecular complexity index is 3130. The van der Waals surface area contributed by atoms with Crippen molar-refractivity contribution >= 4 is 95.2 Å². The Morgan fingerprint density at radius 2 is 0.842 bits per heavy atom. The van der Waals surface area contributed by atoms with E-state index in [1.54, 1.807) is 91.0 Å². The molecule has 0 aliphatic carbocycles. The van der Waals surface area contributed by atoms with Gasteiger partial charge in [0.15, 0.2) is 0 Å². The van der Waals surface area contributed by atoms with Crippen LogP contribution in [-0.4, -0.2) is 33.8 Å². The van der Waals surface area contributed by atoms with Crippen molar-refractivity contribution in [2.24, 2.45) is 0 Å². The number of hydrogen-bond acceptors (Lipinski definition) is 7. The highest BCUT2D eigenvalue weighted by molar-refractivity contribution is 6.43. The van der Waals surface area contributed by atoms with Crippen LogP contribution in [0.3, 0.4) is 0 Å². The van der Waals surface area contributed by atoms with Gasteiger partial charge in [-0.2, -0.15) is 0 Å². The van der Waals surface area contributed by atoms with Gasteiger partial charge in [-0.25, -0.2) is 9.80 Å². The second kappa shape index (κ2) is 11.7. The molecule has 270 valence electrons. The molecular weight excluding hydrogens is 715 g/mol. The normalized spacial score (nSPS) is 13.8. The summed E-state index contributed by atoms with van der Waals surface area (Å²) in [5, 5.41) is 27.0. The summed E-state index contributed by atoms with van der Waals surface area (Å²) in [5.41, 5.74) is 3.51. The fourth-order valence-electron chi connectivity index (χ4n) is 8.71. The molecule has 57 heavy (non-hydrogen) atoms. The number of aromatic hydroxyl groups is 2. The summed E-state index contributed by atoms with van der Waals surface area (Å²) in [4.78, 5) is 61.7. The van der Waals surface area contributed by atoms with Gasteiger partial charge in [0, 0.05) is 67.6 Å². The van der Waals surface area contributed by atoms with E-state index >= 15 is 0 Å². The zero-order chi connectivity index (χ0) is 38.7. The number of benzene rings is 9. The first-order valence-electron chi connectivity index (χ1n) is 18.3. The number of phenols is 2. The first-order chi connectivity index (χ1) is 27.8. The van der Waals surface area contributed by atoms with E-state index in [1.165, 1.54) is 4.90 Å². The maximum absolute atomic E-state index is 14.5. The monoisotopic (exact) mass is 741 g/mol. The Balaban J connectivity index is 0.984. The van der Waals surface area contributed by atoms with Crippen LogP contribution in [0.5, 0.6) is 11.5 Å². The maximum Gasteiger partial charge on any atom is 0.266 e. The number of amides is 4. The Hall–Kier alpha value is -8.04. The number of nitrogens with zero attached hydrogens (tertiary/aromatic N) is 3. The van der Waals surface area contributed by atoms with Gasteiger partial charge < -0.3 is 15.1 Å². The van der Waals surface area contributed by atoms with E-state index in [0.717, 1.165) is 37.2 Å². The third-order valence-corrected chi connectivity index (χ3v) is 11.2. The molecule has 9 aromatic rings. The van der Waals surface area contributed by atoms with E-state index in [0.29, 0.717) is 33.8 Å². The summed E-state index contributed by atoms with van der Waals surface area (Å²) in [6.45, 7) is 0. The lowest BCUT2D eigenvalue weighted by Gasteiger charge is -2.32. The van der Waals surface area contributed by atoms with Crippen molar-refractivity contribution in [2.45, 2.75) is 0 Å². The lowest BCUT2D eigenvalue weighted by Crippen LogP contribution is -2.43. The predicted molar refractivity (Wildman–Crippen MR) is 221 cm³/mol. The highest BCUT2D eigenvalue weighted by Gasteiger charge is 2.41. The summed E-state index contributed by atoms with van der Waals surface area (Å²) < 4.78 is 0. The molecule has 0 aromatic heterocycles. The van der Waals surface area contributed by atoms with Gasteiger partial charge in [-0.05, 0) is 106 Å². The average molecular weight is 742 g/mol. The van der Waals surface area contributed by atoms with Crippen molar-refractivity contribution in [3.8, 4) is 11.5 Å². The van der Waals surface area contributed by atoms with Crippen LogP contribution in [0, 0.1) is 0 Å². The van der Waals surface area contributed by atoms with Crippen molar-refractivity contribution in [2.75, 3.05) is 14.7 Å². The lowest BCUT2D eigenvalue weighted by atomic mass is 9.85. The van der Waals surface area contributed by atoms with Crippen LogP contribution in [-0.2, 0) is 0 Å². The quantitative estimate of drug-likeness (QED) is 0.133. The minimum atomic E-state index is -0.587. The lowest BCUT2D eigenvalue weighted by molar-refractivity contribution is 0.0873. The summed E-state index contributed by atoms with van der Waals surface area (Å²) >= 11 is 0. The van der Waals surface area contributed by atoms with Gasteiger partial charge in [0.25, 0.3) is 23.6 Å². The van der Waals surface area contributed by atoms with Crippen molar-refractivity contribution in [1.82, 2.24) is 0 Å². The number of rotatable bonds is 5. The SMILES string of the molecule is O=C1c2ccc3c4c(ccc(c24)C(=O)N1c1ccc(N(c2cccc(O)c2)c2cccc(O)c2)cc1)C(=O)N(c1ccc2ccc4cccc5ccc1c2c45)C3=O. The van der Waals surface area contributed by atoms with Crippen LogP contribution in [0.1, 0.15) is 41.4 Å². The van der Waals surface area contributed by atoms with Gasteiger partial charge in [-0.3, -0.25) is 19.2 Å². The van der Waals surface area contributed by atoms with Gasteiger partial charge in [-0.1, -0.05) is 60.7 Å². The fourth-order valence-corrected chi connectivity index (χ4v) is 8.71. The number of carbonyl (C=O) groups is 4. The molecule has 9 aromatic carbocycles. The van der Waals surface area contributed by atoms with Crippen LogP contribution >= 0.6 is 0 Å². The molecule has 0 bridgehead atoms. The largest absolute Gasteiger partial charge is 0.508 e. The first kappa shape index (κ1) is 32.4. The number of hydrogen-bond donors (Lipinski definition) is 2. The van der Waals surface area contributed by atoms with Gasteiger partial charge in [0.1, 0.15) is 11.5 Å². The van der Waals surface area contributed by atoms with Crippen molar-refractivity contribution < 1.29 is 29.4 Å². The molecule has 0 unspecified atom stereocenters. The highest BCUT2D eigenvalue weighted by Crippen LogP contribution is 2.44. The molecule has 9 nitrogen and oxygen atoms in total. The molecule has 0 fully saturated rings. The summed E-state index contributed by atoms with van der Waals surface area (Å²) in [7, 11) is 0. The van der Waals surface area contributed by atoms with Crippen LogP contribution in [0.2, 0.25) is 0 Å². The predicted octanol–water partition coefficient (Wildman–Crippen LogP) is 10.2. The molecule has 11 rings (SSSR count). The standard InChI is InChI=1S/C48H27N3O6/c52-33-8-2-6-31(24-33)49(32-7-3-9-34(53)25-32)29-14-16-30(17-15-29)50-45(54)36-19-21-38-44-39(22-20-37(43(36)44)46(50)55)48(57)51(47(38)56)40-23-13-28-11-10-26-4-1-5-27-12-18-35(40)42(28)41(26)27/h1-25,52-53H. The van der Waals surface area contributed by atoms with E-state index in [4.69, 9.17) is 0 Å². The molecule has 0 radical (unpaired) electrons. The molecule has 0 saturated heterocycles. The van der Waals surface area contributed by atoms with E-state index in [9.17, 15) is 29.4 Å². The van der Waals surface area contributed by atoms with E-state index in [2.05, 4.69) is 6.07 Å². The van der Waals surface area contributed by atoms with E-state index in [-0.39, 0.29) is 39.1 Å². The van der Waals surface area contributed by atoms with Crippen LogP contribution < -0.4 is 14.7 Å². The molecule has 2 aliphatic heterocycles. The Labute approximate surface area is 323 Å². The minimum absolute atomic E-state index is 0.0566. The zero-order valence-corrected chi connectivity index (χ0v) is 29.8. The summed E-state index contributed by atoms with van der Waals surface area (Å²) in [5.74, 6) is -2.13. The second-order valence-electron chi connectivity index (χ2n) is 14.3. The number of imide groups is 2. The van der Waals surface area contributed by atoms with Gasteiger partial charge in [0.2, 0.25) is 0 Å². The molecule has 2 heterocycles. The Kier molecular flexibility index (Phi) is 6.67. The summed E-state index contributed by atoms with van der Waals surface area (Å²) in [6.07, 6.45) is 0. The minimum Gasteiger partial charge on any atom is -0.508 e. The van der Waals surface area contributed by atoms with Gasteiger partial charge in [0.05, 0.1) is 11.4 Å². The summed E-state index contributed by atoms with van der Waals surface area (Å²) in [6, 6.07) is 44.3. The smallest absolute Gasteiger partial charge is 0.266 e. The molecule has 4 amide bonds. The highest BCUT2D eigenvalue weighted by atomic mass is 16.3. The van der Waals surface area contributed by atoms with Gasteiger partial charge >= 0.3 is 0 Å². The number of carbonyl (C=O) groups excluding carboxylic acids is 4. The third kappa shape index (κ3) is 4.57. The molecule has 0 saturated carbocycles. The molecular formula is C48H27N3O6. The fraction of sp³-hybridized carbons (Fsp3) is 0. The second-order valence-corrected chi connectivity index (χ2v) is 14.3. The molecule has 2 N–H and O–H groups in total. The first-order valence-corrected chi connectivity index (χ1v) is 18.3. The van der Waals surface area contributed by atoms with Crippen LogP contribution in [0.25, 0.3) is 43.1 Å². The zero-order valence-electron chi connectivity index (χ0n) is 29.8. The van der Waals surface area contributed by atoms with Crippen molar-refractivity contribution in [3.05, 3.63) is 174 Å². The van der Waals surface area contributed by atoms with Crippen LogP contribution in [0.15, 0.2) is 152 Å². The number of phenolic OH excluding ortho intramolecular Hbond substituents is 2. The Morgan fingerprint density at radius 3 is 1.37 bits per heavy atom. The van der Waals surface area contributed by atoms with Gasteiger partial charge in [-0.15, -0.1) is 0 Å². The maximum atomic E-state index is 14.5. The Morgan fingerprint density at radius 1 is 0.386 bits per heavy atom. The van der Waals surface area contributed by atoms with Crippen molar-refractivity contribution in [3.63, 3.8) is 0 Å². The van der Waals surface area contributed by atoms with E-state index < -0.39 is 23.6 Å². The average Bonchev–Trinajstić information content (AvgIpc) is 3.22. The van der Waals surface area contributed by atoms with Crippen LogP contribution in [0.4, 0.5) is 28.4 Å². The molecule has 2 aliphatic rings.